The van der Waals surface area contributed by atoms with Crippen LogP contribution in [0, 0.1) is 5.92 Å². The van der Waals surface area contributed by atoms with E-state index in [0.717, 1.165) is 25.7 Å². The van der Waals surface area contributed by atoms with Crippen molar-refractivity contribution in [3.05, 3.63) is 35.4 Å². The lowest BCUT2D eigenvalue weighted by atomic mass is 10.0. The van der Waals surface area contributed by atoms with Crippen LogP contribution >= 0.6 is 0 Å². The summed E-state index contributed by atoms with van der Waals surface area (Å²) in [6.07, 6.45) is 4.45. The van der Waals surface area contributed by atoms with E-state index in [0.29, 0.717) is 25.3 Å². The second kappa shape index (κ2) is 13.4. The van der Waals surface area contributed by atoms with Gasteiger partial charge in [-0.05, 0) is 49.3 Å². The second-order valence-corrected chi connectivity index (χ2v) is 6.61. The Bertz CT molecular complexity index is 501. The Kier molecular flexibility index (Phi) is 12.4. The summed E-state index contributed by atoms with van der Waals surface area (Å²) in [5, 5.41) is 8.33. The first-order chi connectivity index (χ1) is 11.8. The number of carboxylic acid groups (broad SMARTS) is 1. The molecule has 1 atom stereocenters. The molecule has 1 aromatic rings. The van der Waals surface area contributed by atoms with E-state index in [1.165, 1.54) is 11.1 Å². The lowest BCUT2D eigenvalue weighted by molar-refractivity contribution is -0.138. The summed E-state index contributed by atoms with van der Waals surface area (Å²) >= 11 is 0. The van der Waals surface area contributed by atoms with Gasteiger partial charge in [0.1, 0.15) is 6.04 Å². The molecule has 0 fully saturated rings. The van der Waals surface area contributed by atoms with Gasteiger partial charge in [-0.1, -0.05) is 44.5 Å². The maximum Gasteiger partial charge on any atom is 0.320 e. The summed E-state index contributed by atoms with van der Waals surface area (Å²) in [5.74, 6) is -0.486. The van der Waals surface area contributed by atoms with Crippen molar-refractivity contribution in [2.45, 2.75) is 58.4 Å². The Morgan fingerprint density at radius 2 is 1.64 bits per heavy atom. The summed E-state index contributed by atoms with van der Waals surface area (Å²) in [6, 6.07) is 7.72. The number of nitrogens with two attached hydrogens (primary N) is 3. The van der Waals surface area contributed by atoms with Crippen LogP contribution in [0.15, 0.2) is 24.3 Å². The van der Waals surface area contributed by atoms with E-state index in [2.05, 4.69) is 38.1 Å². The number of hydrogen-bond donors (Lipinski definition) is 4. The molecule has 0 saturated carbocycles. The minimum atomic E-state index is -0.933. The first-order valence-electron chi connectivity index (χ1n) is 8.80. The predicted molar refractivity (Wildman–Crippen MR) is 101 cm³/mol. The Balaban J connectivity index is 0.000000504. The molecule has 1 rings (SSSR count). The lowest BCUT2D eigenvalue weighted by Gasteiger charge is -2.05. The van der Waals surface area contributed by atoms with E-state index in [4.69, 9.17) is 22.3 Å². The molecule has 6 heteroatoms. The Labute approximate surface area is 150 Å². The van der Waals surface area contributed by atoms with Gasteiger partial charge in [-0.3, -0.25) is 9.59 Å². The van der Waals surface area contributed by atoms with E-state index in [1.54, 1.807) is 0 Å². The van der Waals surface area contributed by atoms with Crippen LogP contribution in [0.1, 0.15) is 50.7 Å². The van der Waals surface area contributed by atoms with Gasteiger partial charge in [-0.2, -0.15) is 0 Å². The van der Waals surface area contributed by atoms with Crippen molar-refractivity contribution < 1.29 is 14.7 Å². The number of benzene rings is 1. The summed E-state index contributed by atoms with van der Waals surface area (Å²) < 4.78 is 0. The highest BCUT2D eigenvalue weighted by atomic mass is 16.4. The number of hydrogen-bond acceptors (Lipinski definition) is 4. The fourth-order valence-electron chi connectivity index (χ4n) is 2.21. The van der Waals surface area contributed by atoms with Crippen LogP contribution in [0.3, 0.4) is 0 Å². The van der Waals surface area contributed by atoms with Crippen molar-refractivity contribution in [1.82, 2.24) is 0 Å². The maximum atomic E-state index is 10.6. The molecule has 0 aliphatic rings. The molecule has 1 amide bonds. The van der Waals surface area contributed by atoms with Crippen molar-refractivity contribution in [2.24, 2.45) is 23.1 Å². The molecule has 142 valence electrons. The SMILES string of the molecule is CC(C)Cc1ccc(CCC(N)=O)cc1.NCCCC[C@H](N)C(=O)O. The monoisotopic (exact) mass is 351 g/mol. The number of aliphatic carboxylic acids is 1. The first kappa shape index (κ1) is 23.1. The van der Waals surface area contributed by atoms with E-state index in [9.17, 15) is 9.59 Å². The van der Waals surface area contributed by atoms with E-state index >= 15 is 0 Å². The number of carbonyl (C=O) groups excluding carboxylic acids is 1. The van der Waals surface area contributed by atoms with Crippen molar-refractivity contribution >= 4 is 11.9 Å². The van der Waals surface area contributed by atoms with Crippen LogP contribution in [0.4, 0.5) is 0 Å². The molecule has 6 nitrogen and oxygen atoms in total. The van der Waals surface area contributed by atoms with Crippen LogP contribution in [-0.2, 0) is 22.4 Å². The summed E-state index contributed by atoms with van der Waals surface area (Å²) in [4.78, 5) is 20.7. The van der Waals surface area contributed by atoms with Gasteiger partial charge in [0.05, 0.1) is 0 Å². The average molecular weight is 351 g/mol. The van der Waals surface area contributed by atoms with Gasteiger partial charge in [0.25, 0.3) is 0 Å². The highest BCUT2D eigenvalue weighted by Crippen LogP contribution is 2.10. The molecule has 1 aromatic carbocycles. The van der Waals surface area contributed by atoms with E-state index in [1.807, 2.05) is 0 Å². The molecule has 7 N–H and O–H groups in total. The molecule has 0 bridgehead atoms. The van der Waals surface area contributed by atoms with Gasteiger partial charge < -0.3 is 22.3 Å². The molecular formula is C19H33N3O3. The molecule has 0 radical (unpaired) electrons. The molecule has 0 heterocycles. The zero-order chi connectivity index (χ0) is 19.2. The number of carboxylic acids is 1. The molecule has 0 aliphatic heterocycles. The predicted octanol–water partition coefficient (Wildman–Crippen LogP) is 1.83. The van der Waals surface area contributed by atoms with Gasteiger partial charge in [0.15, 0.2) is 0 Å². The van der Waals surface area contributed by atoms with Crippen LogP contribution < -0.4 is 17.2 Å². The average Bonchev–Trinajstić information content (AvgIpc) is 2.54. The maximum absolute atomic E-state index is 10.6. The van der Waals surface area contributed by atoms with Crippen LogP contribution in [-0.4, -0.2) is 29.6 Å². The first-order valence-corrected chi connectivity index (χ1v) is 8.80. The molecule has 25 heavy (non-hydrogen) atoms. The van der Waals surface area contributed by atoms with Crippen molar-refractivity contribution in [3.63, 3.8) is 0 Å². The number of aryl methyl sites for hydroxylation is 1. The van der Waals surface area contributed by atoms with Crippen molar-refractivity contribution in [3.8, 4) is 0 Å². The largest absolute Gasteiger partial charge is 0.480 e. The molecule has 0 spiro atoms. The normalized spacial score (nSPS) is 11.6. The van der Waals surface area contributed by atoms with Gasteiger partial charge in [-0.25, -0.2) is 0 Å². The smallest absolute Gasteiger partial charge is 0.320 e. The third-order valence-electron chi connectivity index (χ3n) is 3.61. The van der Waals surface area contributed by atoms with Crippen molar-refractivity contribution in [1.29, 1.82) is 0 Å². The van der Waals surface area contributed by atoms with Gasteiger partial charge in [0.2, 0.25) is 5.91 Å². The highest BCUT2D eigenvalue weighted by Gasteiger charge is 2.09. The van der Waals surface area contributed by atoms with Crippen molar-refractivity contribution in [2.75, 3.05) is 6.54 Å². The van der Waals surface area contributed by atoms with E-state index in [-0.39, 0.29) is 5.91 Å². The Morgan fingerprint density at radius 1 is 1.08 bits per heavy atom. The Morgan fingerprint density at radius 3 is 2.08 bits per heavy atom. The zero-order valence-electron chi connectivity index (χ0n) is 15.4. The topological polar surface area (TPSA) is 132 Å². The van der Waals surface area contributed by atoms with Gasteiger partial charge >= 0.3 is 5.97 Å². The van der Waals surface area contributed by atoms with Crippen LogP contribution in [0.5, 0.6) is 0 Å². The van der Waals surface area contributed by atoms with Crippen LogP contribution in [0.25, 0.3) is 0 Å². The molecule has 0 unspecified atom stereocenters. The number of carbonyl (C=O) groups is 2. The second-order valence-electron chi connectivity index (χ2n) is 6.61. The van der Waals surface area contributed by atoms with Crippen LogP contribution in [0.2, 0.25) is 0 Å². The quantitative estimate of drug-likeness (QED) is 0.477. The minimum absolute atomic E-state index is 0.235. The summed E-state index contributed by atoms with van der Waals surface area (Å²) in [7, 11) is 0. The summed E-state index contributed by atoms with van der Waals surface area (Å²) in [5.41, 5.74) is 18.1. The minimum Gasteiger partial charge on any atom is -0.480 e. The third kappa shape index (κ3) is 13.1. The highest BCUT2D eigenvalue weighted by molar-refractivity contribution is 5.74. The summed E-state index contributed by atoms with van der Waals surface area (Å²) in [6.45, 7) is 5.02. The third-order valence-corrected chi connectivity index (χ3v) is 3.61. The van der Waals surface area contributed by atoms with E-state index < -0.39 is 12.0 Å². The molecule has 0 aromatic heterocycles. The number of primary amides is 1. The molecular weight excluding hydrogens is 318 g/mol. The fourth-order valence-corrected chi connectivity index (χ4v) is 2.21. The fraction of sp³-hybridized carbons (Fsp3) is 0.579. The number of amides is 1. The Hall–Kier alpha value is -1.92. The number of unbranched alkanes of at least 4 members (excludes halogenated alkanes) is 1. The standard InChI is InChI=1S/C13H19NO.C6H14N2O2/c1-10(2)9-12-5-3-11(4-6-12)7-8-13(14)15;7-4-2-1-3-5(8)6(9)10/h3-6,10H,7-9H2,1-2H3,(H2,14,15);5H,1-4,7-8H2,(H,9,10)/t;5-/m.0/s1. The zero-order valence-corrected chi connectivity index (χ0v) is 15.4. The van der Waals surface area contributed by atoms with Gasteiger partial charge in [-0.15, -0.1) is 0 Å². The lowest BCUT2D eigenvalue weighted by Crippen LogP contribution is -2.29. The molecule has 0 aliphatic carbocycles. The van der Waals surface area contributed by atoms with Gasteiger partial charge in [0, 0.05) is 6.42 Å². The number of rotatable bonds is 10. The molecule has 0 saturated heterocycles.